The van der Waals surface area contributed by atoms with Gasteiger partial charge in [-0.15, -0.1) is 0 Å². The van der Waals surface area contributed by atoms with E-state index in [1.165, 1.54) is 0 Å². The first-order chi connectivity index (χ1) is 10.8. The van der Waals surface area contributed by atoms with Crippen LogP contribution in [0, 0.1) is 6.92 Å². The van der Waals surface area contributed by atoms with Crippen LogP contribution in [0.2, 0.25) is 5.02 Å². The average Bonchev–Trinajstić information content (AvgIpc) is 2.49. The largest absolute Gasteiger partial charge is 0.383 e. The zero-order valence-corrected chi connectivity index (χ0v) is 15.7. The van der Waals surface area contributed by atoms with Crippen molar-refractivity contribution in [3.05, 3.63) is 28.8 Å². The van der Waals surface area contributed by atoms with Crippen molar-refractivity contribution < 1.29 is 13.2 Å². The fourth-order valence-electron chi connectivity index (χ4n) is 3.02. The van der Waals surface area contributed by atoms with E-state index in [4.69, 9.17) is 16.3 Å². The van der Waals surface area contributed by atoms with Crippen molar-refractivity contribution in [1.82, 2.24) is 9.21 Å². The summed E-state index contributed by atoms with van der Waals surface area (Å²) in [4.78, 5) is 2.55. The minimum atomic E-state index is -3.52. The molecule has 0 aromatic heterocycles. The van der Waals surface area contributed by atoms with Gasteiger partial charge in [-0.2, -0.15) is 4.31 Å². The Morgan fingerprint density at radius 1 is 1.26 bits per heavy atom. The number of nitrogens with zero attached hydrogens (tertiary/aromatic N) is 2. The van der Waals surface area contributed by atoms with E-state index in [1.54, 1.807) is 29.6 Å². The Bertz CT molecular complexity index is 639. The molecule has 2 rings (SSSR count). The highest BCUT2D eigenvalue weighted by atomic mass is 35.5. The van der Waals surface area contributed by atoms with E-state index in [9.17, 15) is 8.42 Å². The molecule has 0 bridgehead atoms. The van der Waals surface area contributed by atoms with Crippen molar-refractivity contribution in [2.24, 2.45) is 0 Å². The maximum absolute atomic E-state index is 12.9. The quantitative estimate of drug-likeness (QED) is 0.809. The topological polar surface area (TPSA) is 49.9 Å². The zero-order chi connectivity index (χ0) is 17.2. The molecule has 1 saturated heterocycles. The van der Waals surface area contributed by atoms with Crippen molar-refractivity contribution in [1.29, 1.82) is 0 Å². The van der Waals surface area contributed by atoms with Gasteiger partial charge in [0.2, 0.25) is 10.0 Å². The van der Waals surface area contributed by atoms with Crippen LogP contribution in [-0.2, 0) is 14.8 Å². The van der Waals surface area contributed by atoms with Gasteiger partial charge in [-0.25, -0.2) is 8.42 Å². The number of piperazine rings is 1. The fourth-order valence-corrected chi connectivity index (χ4v) is 4.90. The van der Waals surface area contributed by atoms with E-state index in [2.05, 4.69) is 18.7 Å². The van der Waals surface area contributed by atoms with Crippen LogP contribution in [0.3, 0.4) is 0 Å². The van der Waals surface area contributed by atoms with Gasteiger partial charge in [-0.1, -0.05) is 17.7 Å². The molecule has 1 aliphatic heterocycles. The molecule has 2 atom stereocenters. The summed E-state index contributed by atoms with van der Waals surface area (Å²) in [6.07, 6.45) is 0. The first-order valence-corrected chi connectivity index (χ1v) is 9.60. The number of methoxy groups -OCH3 is 1. The average molecular weight is 361 g/mol. The first kappa shape index (κ1) is 18.7. The van der Waals surface area contributed by atoms with Gasteiger partial charge in [-0.05, 0) is 38.5 Å². The lowest BCUT2D eigenvalue weighted by molar-refractivity contribution is 0.0496. The highest BCUT2D eigenvalue weighted by molar-refractivity contribution is 7.89. The van der Waals surface area contributed by atoms with Crippen LogP contribution in [0.1, 0.15) is 19.4 Å². The molecule has 5 nitrogen and oxygen atoms in total. The zero-order valence-electron chi connectivity index (χ0n) is 14.1. The van der Waals surface area contributed by atoms with E-state index >= 15 is 0 Å². The smallest absolute Gasteiger partial charge is 0.243 e. The number of sulfonamides is 1. The highest BCUT2D eigenvalue weighted by Crippen LogP contribution is 2.26. The van der Waals surface area contributed by atoms with Crippen LogP contribution in [0.15, 0.2) is 23.1 Å². The summed E-state index contributed by atoms with van der Waals surface area (Å²) in [6, 6.07) is 5.20. The number of hydrogen-bond acceptors (Lipinski definition) is 4. The summed E-state index contributed by atoms with van der Waals surface area (Å²) in [5, 5.41) is 0.478. The van der Waals surface area contributed by atoms with Crippen molar-refractivity contribution in [3.8, 4) is 0 Å². The van der Waals surface area contributed by atoms with Crippen LogP contribution in [0.4, 0.5) is 0 Å². The number of aryl methyl sites for hydroxylation is 1. The molecule has 0 spiro atoms. The predicted octanol–water partition coefficient (Wildman–Crippen LogP) is 2.38. The Morgan fingerprint density at radius 3 is 2.39 bits per heavy atom. The third-order valence-corrected chi connectivity index (χ3v) is 6.64. The lowest BCUT2D eigenvalue weighted by Gasteiger charge is -2.43. The highest BCUT2D eigenvalue weighted by Gasteiger charge is 2.35. The second kappa shape index (κ2) is 7.49. The normalized spacial score (nSPS) is 24.0. The Hall–Kier alpha value is -0.660. The van der Waals surface area contributed by atoms with Crippen LogP contribution < -0.4 is 0 Å². The number of rotatable bonds is 5. The second-order valence-corrected chi connectivity index (χ2v) is 8.51. The van der Waals surface area contributed by atoms with Crippen LogP contribution in [0.25, 0.3) is 0 Å². The first-order valence-electron chi connectivity index (χ1n) is 7.78. The molecule has 1 aliphatic rings. The van der Waals surface area contributed by atoms with Crippen molar-refractivity contribution in [2.45, 2.75) is 37.8 Å². The molecule has 0 amide bonds. The van der Waals surface area contributed by atoms with Crippen molar-refractivity contribution in [2.75, 3.05) is 33.4 Å². The molecule has 2 unspecified atom stereocenters. The van der Waals surface area contributed by atoms with Crippen molar-refractivity contribution in [3.63, 3.8) is 0 Å². The molecule has 1 aromatic rings. The van der Waals surface area contributed by atoms with E-state index in [0.29, 0.717) is 24.7 Å². The fraction of sp³-hybridized carbons (Fsp3) is 0.625. The standard InChI is InChI=1S/C16H25ClN2O3S/c1-12-5-6-15(9-16(12)17)23(20,21)18-10-13(2)19(7-8-22-4)14(3)11-18/h5-6,9,13-14H,7-8,10-11H2,1-4H3. The molecule has 1 aromatic carbocycles. The Labute approximate surface area is 144 Å². The maximum atomic E-state index is 12.9. The van der Waals surface area contributed by atoms with Crippen LogP contribution in [0.5, 0.6) is 0 Å². The van der Waals surface area contributed by atoms with E-state index in [-0.39, 0.29) is 17.0 Å². The lowest BCUT2D eigenvalue weighted by atomic mass is 10.1. The minimum Gasteiger partial charge on any atom is -0.383 e. The molecule has 1 heterocycles. The molecular weight excluding hydrogens is 336 g/mol. The number of benzene rings is 1. The Balaban J connectivity index is 2.20. The Kier molecular flexibility index (Phi) is 6.08. The summed E-state index contributed by atoms with van der Waals surface area (Å²) >= 11 is 6.09. The molecule has 130 valence electrons. The molecule has 0 aliphatic carbocycles. The molecule has 0 N–H and O–H groups in total. The van der Waals surface area contributed by atoms with Gasteiger partial charge in [0.25, 0.3) is 0 Å². The van der Waals surface area contributed by atoms with Gasteiger partial charge >= 0.3 is 0 Å². The molecule has 23 heavy (non-hydrogen) atoms. The second-order valence-electron chi connectivity index (χ2n) is 6.16. The van der Waals surface area contributed by atoms with Gasteiger partial charge in [0.1, 0.15) is 0 Å². The summed E-state index contributed by atoms with van der Waals surface area (Å²) in [5.41, 5.74) is 0.872. The van der Waals surface area contributed by atoms with Gasteiger partial charge < -0.3 is 4.74 Å². The third-order valence-electron chi connectivity index (χ3n) is 4.40. The van der Waals surface area contributed by atoms with Crippen LogP contribution >= 0.6 is 11.6 Å². The number of hydrogen-bond donors (Lipinski definition) is 0. The summed E-state index contributed by atoms with van der Waals surface area (Å²) in [6.45, 7) is 8.37. The van der Waals surface area contributed by atoms with Gasteiger partial charge in [-0.3, -0.25) is 4.90 Å². The minimum absolute atomic E-state index is 0.143. The molecule has 1 fully saturated rings. The SMILES string of the molecule is COCCN1C(C)CN(S(=O)(=O)c2ccc(C)c(Cl)c2)CC1C. The lowest BCUT2D eigenvalue weighted by Crippen LogP contribution is -2.58. The van der Waals surface area contributed by atoms with E-state index < -0.39 is 10.0 Å². The van der Waals surface area contributed by atoms with Gasteiger partial charge in [0, 0.05) is 43.9 Å². The maximum Gasteiger partial charge on any atom is 0.243 e. The summed E-state index contributed by atoms with van der Waals surface area (Å²) < 4.78 is 32.5. The number of ether oxygens (including phenoxy) is 1. The monoisotopic (exact) mass is 360 g/mol. The molecule has 0 saturated carbocycles. The van der Waals surface area contributed by atoms with Gasteiger partial charge in [0.05, 0.1) is 11.5 Å². The van der Waals surface area contributed by atoms with E-state index in [1.807, 2.05) is 6.92 Å². The molecular formula is C16H25ClN2O3S. The number of halogens is 1. The predicted molar refractivity (Wildman–Crippen MR) is 92.5 cm³/mol. The van der Waals surface area contributed by atoms with Crippen LogP contribution in [-0.4, -0.2) is 63.1 Å². The van der Waals surface area contributed by atoms with E-state index in [0.717, 1.165) is 12.1 Å². The Morgan fingerprint density at radius 2 is 1.87 bits per heavy atom. The summed E-state index contributed by atoms with van der Waals surface area (Å²) in [5.74, 6) is 0. The van der Waals surface area contributed by atoms with Crippen molar-refractivity contribution >= 4 is 21.6 Å². The van der Waals surface area contributed by atoms with Gasteiger partial charge in [0.15, 0.2) is 0 Å². The molecule has 7 heteroatoms. The molecule has 0 radical (unpaired) electrons. The summed E-state index contributed by atoms with van der Waals surface area (Å²) in [7, 11) is -1.84. The third kappa shape index (κ3) is 4.06.